The summed E-state index contributed by atoms with van der Waals surface area (Å²) in [5.74, 6) is -1.20. The van der Waals surface area contributed by atoms with Gasteiger partial charge in [0.05, 0.1) is 6.61 Å². The van der Waals surface area contributed by atoms with Gasteiger partial charge >= 0.3 is 11.8 Å². The minimum absolute atomic E-state index is 0.00472. The van der Waals surface area contributed by atoms with E-state index in [1.54, 1.807) is 0 Å². The molecule has 0 radical (unpaired) electrons. The third-order valence-electron chi connectivity index (χ3n) is 3.74. The van der Waals surface area contributed by atoms with E-state index in [1.165, 1.54) is 5.56 Å². The van der Waals surface area contributed by atoms with Crippen LogP contribution in [0.2, 0.25) is 0 Å². The normalized spacial score (nSPS) is 18.5. The van der Waals surface area contributed by atoms with Crippen molar-refractivity contribution in [2.24, 2.45) is 0 Å². The predicted molar refractivity (Wildman–Crippen MR) is 79.7 cm³/mol. The van der Waals surface area contributed by atoms with Gasteiger partial charge in [0, 0.05) is 12.6 Å². The summed E-state index contributed by atoms with van der Waals surface area (Å²) in [6.07, 6.45) is 1.49. The zero-order chi connectivity index (χ0) is 15.2. The molecule has 1 aliphatic heterocycles. The molecule has 2 atom stereocenters. The lowest BCUT2D eigenvalue weighted by molar-refractivity contribution is -0.140. The number of amides is 2. The maximum absolute atomic E-state index is 11.8. The van der Waals surface area contributed by atoms with Crippen LogP contribution in [0, 0.1) is 0 Å². The van der Waals surface area contributed by atoms with E-state index in [1.807, 2.05) is 32.0 Å². The van der Waals surface area contributed by atoms with Gasteiger partial charge in [-0.25, -0.2) is 0 Å². The Morgan fingerprint density at radius 1 is 1.33 bits per heavy atom. The highest BCUT2D eigenvalue weighted by molar-refractivity contribution is 6.35. The van der Waals surface area contributed by atoms with Crippen molar-refractivity contribution in [3.63, 3.8) is 0 Å². The molecule has 2 rings (SSSR count). The first-order chi connectivity index (χ1) is 10.1. The maximum atomic E-state index is 11.8. The highest BCUT2D eigenvalue weighted by atomic mass is 16.5. The molecule has 1 aromatic rings. The Bertz CT molecular complexity index is 516. The second kappa shape index (κ2) is 7.22. The van der Waals surface area contributed by atoms with E-state index in [0.717, 1.165) is 18.4 Å². The van der Waals surface area contributed by atoms with Crippen molar-refractivity contribution >= 4 is 11.8 Å². The number of carbonyl (C=O) groups is 2. The Balaban J connectivity index is 1.89. The smallest absolute Gasteiger partial charge is 0.309 e. The lowest BCUT2D eigenvalue weighted by atomic mass is 9.97. The van der Waals surface area contributed by atoms with E-state index in [-0.39, 0.29) is 12.1 Å². The van der Waals surface area contributed by atoms with Gasteiger partial charge < -0.3 is 15.4 Å². The molecule has 0 spiro atoms. The largest absolute Gasteiger partial charge is 0.371 e. The standard InChI is InChI=1S/C16H22N2O3/c1-3-11(2)18-16(20)15(19)17-10-14-13-7-5-4-6-12(13)8-9-21-14/h4-7,11,14H,3,8-10H2,1-2H3,(H,17,19)(H,18,20). The average Bonchev–Trinajstić information content (AvgIpc) is 2.52. The van der Waals surface area contributed by atoms with Gasteiger partial charge in [-0.1, -0.05) is 31.2 Å². The monoisotopic (exact) mass is 290 g/mol. The molecule has 5 heteroatoms. The third-order valence-corrected chi connectivity index (χ3v) is 3.74. The van der Waals surface area contributed by atoms with Gasteiger partial charge in [-0.3, -0.25) is 9.59 Å². The van der Waals surface area contributed by atoms with Gasteiger partial charge in [-0.05, 0) is 30.9 Å². The number of ether oxygens (including phenoxy) is 1. The molecule has 5 nitrogen and oxygen atoms in total. The van der Waals surface area contributed by atoms with E-state index in [2.05, 4.69) is 16.7 Å². The number of hydrogen-bond acceptors (Lipinski definition) is 3. The van der Waals surface area contributed by atoms with Crippen LogP contribution >= 0.6 is 0 Å². The van der Waals surface area contributed by atoms with Crippen LogP contribution in [0.3, 0.4) is 0 Å². The van der Waals surface area contributed by atoms with Crippen LogP contribution in [-0.2, 0) is 20.7 Å². The number of fused-ring (bicyclic) bond motifs is 1. The summed E-state index contributed by atoms with van der Waals surface area (Å²) in [6, 6.07) is 8.03. The lowest BCUT2D eigenvalue weighted by Gasteiger charge is -2.26. The molecule has 114 valence electrons. The fourth-order valence-electron chi connectivity index (χ4n) is 2.30. The number of benzene rings is 1. The van der Waals surface area contributed by atoms with E-state index in [0.29, 0.717) is 13.2 Å². The van der Waals surface area contributed by atoms with Crippen molar-refractivity contribution in [2.75, 3.05) is 13.2 Å². The van der Waals surface area contributed by atoms with E-state index < -0.39 is 11.8 Å². The zero-order valence-electron chi connectivity index (χ0n) is 12.5. The van der Waals surface area contributed by atoms with Gasteiger partial charge in [0.25, 0.3) is 0 Å². The van der Waals surface area contributed by atoms with Crippen LogP contribution in [0.25, 0.3) is 0 Å². The summed E-state index contributed by atoms with van der Waals surface area (Å²) in [6.45, 7) is 4.77. The molecular weight excluding hydrogens is 268 g/mol. The van der Waals surface area contributed by atoms with Crippen LogP contribution in [0.4, 0.5) is 0 Å². The van der Waals surface area contributed by atoms with Crippen LogP contribution in [-0.4, -0.2) is 31.0 Å². The number of hydrogen-bond donors (Lipinski definition) is 2. The minimum atomic E-state index is -0.609. The molecule has 2 N–H and O–H groups in total. The van der Waals surface area contributed by atoms with Gasteiger partial charge in [0.15, 0.2) is 0 Å². The van der Waals surface area contributed by atoms with Gasteiger partial charge in [-0.15, -0.1) is 0 Å². The molecule has 0 fully saturated rings. The average molecular weight is 290 g/mol. The van der Waals surface area contributed by atoms with Crippen LogP contribution in [0.1, 0.15) is 37.5 Å². The highest BCUT2D eigenvalue weighted by Crippen LogP contribution is 2.26. The summed E-state index contributed by atoms with van der Waals surface area (Å²) >= 11 is 0. The first kappa shape index (κ1) is 15.5. The van der Waals surface area contributed by atoms with Crippen molar-refractivity contribution in [2.45, 2.75) is 38.8 Å². The van der Waals surface area contributed by atoms with E-state index >= 15 is 0 Å². The second-order valence-electron chi connectivity index (χ2n) is 5.30. The molecule has 0 bridgehead atoms. The molecule has 2 amide bonds. The van der Waals surface area contributed by atoms with Crippen molar-refractivity contribution < 1.29 is 14.3 Å². The van der Waals surface area contributed by atoms with E-state index in [9.17, 15) is 9.59 Å². The van der Waals surface area contributed by atoms with Crippen molar-refractivity contribution in [3.05, 3.63) is 35.4 Å². The van der Waals surface area contributed by atoms with Crippen LogP contribution < -0.4 is 10.6 Å². The molecule has 2 unspecified atom stereocenters. The minimum Gasteiger partial charge on any atom is -0.371 e. The maximum Gasteiger partial charge on any atom is 0.309 e. The van der Waals surface area contributed by atoms with E-state index in [4.69, 9.17) is 4.74 Å². The molecule has 0 saturated heterocycles. The number of rotatable bonds is 4. The molecule has 0 aromatic heterocycles. The molecule has 1 aromatic carbocycles. The van der Waals surface area contributed by atoms with Gasteiger partial charge in [0.2, 0.25) is 0 Å². The van der Waals surface area contributed by atoms with Gasteiger partial charge in [-0.2, -0.15) is 0 Å². The topological polar surface area (TPSA) is 67.4 Å². The summed E-state index contributed by atoms with van der Waals surface area (Å²) in [5.41, 5.74) is 2.33. The first-order valence-corrected chi connectivity index (χ1v) is 7.40. The highest BCUT2D eigenvalue weighted by Gasteiger charge is 2.22. The SMILES string of the molecule is CCC(C)NC(=O)C(=O)NCC1OCCc2ccccc21. The quantitative estimate of drug-likeness (QED) is 0.822. The molecule has 21 heavy (non-hydrogen) atoms. The Kier molecular flexibility index (Phi) is 5.33. The van der Waals surface area contributed by atoms with Gasteiger partial charge in [0.1, 0.15) is 6.10 Å². The fraction of sp³-hybridized carbons (Fsp3) is 0.500. The second-order valence-corrected chi connectivity index (χ2v) is 5.30. The molecule has 1 heterocycles. The third kappa shape index (κ3) is 4.04. The van der Waals surface area contributed by atoms with Crippen molar-refractivity contribution in [1.29, 1.82) is 0 Å². The summed E-state index contributed by atoms with van der Waals surface area (Å²) in [4.78, 5) is 23.4. The Labute approximate surface area is 125 Å². The fourth-order valence-corrected chi connectivity index (χ4v) is 2.30. The summed E-state index contributed by atoms with van der Waals surface area (Å²) in [7, 11) is 0. The predicted octanol–water partition coefficient (Wildman–Crippen LogP) is 1.33. The lowest BCUT2D eigenvalue weighted by Crippen LogP contribution is -2.44. The van der Waals surface area contributed by atoms with Crippen molar-refractivity contribution in [3.8, 4) is 0 Å². The van der Waals surface area contributed by atoms with Crippen molar-refractivity contribution in [1.82, 2.24) is 10.6 Å². The number of nitrogens with one attached hydrogen (secondary N) is 2. The first-order valence-electron chi connectivity index (χ1n) is 7.40. The Morgan fingerprint density at radius 3 is 2.86 bits per heavy atom. The molecular formula is C16H22N2O3. The zero-order valence-corrected chi connectivity index (χ0v) is 12.5. The molecule has 1 aliphatic rings. The summed E-state index contributed by atoms with van der Waals surface area (Å²) < 4.78 is 5.69. The Hall–Kier alpha value is -1.88. The molecule has 0 saturated carbocycles. The Morgan fingerprint density at radius 2 is 2.10 bits per heavy atom. The molecule has 0 aliphatic carbocycles. The number of carbonyl (C=O) groups excluding carboxylic acids is 2. The summed E-state index contributed by atoms with van der Waals surface area (Å²) in [5, 5.41) is 5.29. The van der Waals surface area contributed by atoms with Crippen LogP contribution in [0.15, 0.2) is 24.3 Å². The van der Waals surface area contributed by atoms with Crippen LogP contribution in [0.5, 0.6) is 0 Å².